The number of nitrogens with zero attached hydrogens (tertiary/aromatic N) is 1. The van der Waals surface area contributed by atoms with Gasteiger partial charge in [0.2, 0.25) is 0 Å². The molecule has 0 atom stereocenters. The highest BCUT2D eigenvalue weighted by Crippen LogP contribution is 2.42. The molecule has 132 valence electrons. The molecule has 1 fully saturated rings. The van der Waals surface area contributed by atoms with E-state index >= 15 is 0 Å². The van der Waals surface area contributed by atoms with Crippen LogP contribution >= 0.6 is 0 Å². The van der Waals surface area contributed by atoms with Crippen molar-refractivity contribution in [3.05, 3.63) is 63.8 Å². The largest absolute Gasteiger partial charge is 0.417 e. The summed E-state index contributed by atoms with van der Waals surface area (Å²) in [6.45, 7) is 0.221. The average Bonchev–Trinajstić information content (AvgIpc) is 2.54. The third kappa shape index (κ3) is 3.42. The molecule has 25 heavy (non-hydrogen) atoms. The average molecular weight is 351 g/mol. The summed E-state index contributed by atoms with van der Waals surface area (Å²) in [5.74, 6) is -0.824. The Balaban J connectivity index is 1.78. The topological polar surface area (TPSA) is 74.8 Å². The predicted octanol–water partition coefficient (Wildman–Crippen LogP) is 2.64. The van der Waals surface area contributed by atoms with Crippen LogP contribution in [0.25, 0.3) is 0 Å². The number of amides is 1. The molecule has 0 spiro atoms. The first-order chi connectivity index (χ1) is 11.8. The molecule has 0 aromatic carbocycles. The van der Waals surface area contributed by atoms with Gasteiger partial charge in [-0.25, -0.2) is 0 Å². The van der Waals surface area contributed by atoms with Crippen LogP contribution in [0.4, 0.5) is 13.2 Å². The van der Waals surface area contributed by atoms with Crippen molar-refractivity contribution in [2.45, 2.75) is 30.9 Å². The maximum Gasteiger partial charge on any atom is 0.417 e. The molecule has 0 bridgehead atoms. The third-order valence-electron chi connectivity index (χ3n) is 4.58. The monoisotopic (exact) mass is 351 g/mol. The molecule has 0 unspecified atom stereocenters. The fraction of sp³-hybridized carbons (Fsp3) is 0.353. The van der Waals surface area contributed by atoms with Gasteiger partial charge in [-0.3, -0.25) is 14.6 Å². The number of H-pyrrole nitrogens is 1. The van der Waals surface area contributed by atoms with Gasteiger partial charge in [-0.2, -0.15) is 13.2 Å². The van der Waals surface area contributed by atoms with E-state index < -0.39 is 28.8 Å². The number of rotatable bonds is 4. The maximum atomic E-state index is 12.8. The summed E-state index contributed by atoms with van der Waals surface area (Å²) in [7, 11) is 0. The van der Waals surface area contributed by atoms with Crippen molar-refractivity contribution in [3.8, 4) is 0 Å². The lowest BCUT2D eigenvalue weighted by atomic mass is 9.66. The van der Waals surface area contributed by atoms with Crippen LogP contribution in [0.2, 0.25) is 0 Å². The number of nitrogens with one attached hydrogen (secondary N) is 2. The lowest BCUT2D eigenvalue weighted by Crippen LogP contribution is -2.46. The Hall–Kier alpha value is -2.64. The molecule has 0 saturated heterocycles. The quantitative estimate of drug-likeness (QED) is 0.889. The molecule has 3 rings (SSSR count). The van der Waals surface area contributed by atoms with Crippen LogP contribution in [-0.2, 0) is 11.6 Å². The van der Waals surface area contributed by atoms with Gasteiger partial charge in [0.15, 0.2) is 0 Å². The molecule has 1 aliphatic carbocycles. The summed E-state index contributed by atoms with van der Waals surface area (Å²) in [4.78, 5) is 30.2. The van der Waals surface area contributed by atoms with E-state index in [0.717, 1.165) is 25.0 Å². The summed E-state index contributed by atoms with van der Waals surface area (Å²) in [6, 6.07) is 6.07. The molecule has 2 aromatic rings. The highest BCUT2D eigenvalue weighted by molar-refractivity contribution is 5.94. The minimum atomic E-state index is -4.64. The predicted molar refractivity (Wildman–Crippen MR) is 84.2 cm³/mol. The van der Waals surface area contributed by atoms with Gasteiger partial charge in [-0.05, 0) is 31.0 Å². The van der Waals surface area contributed by atoms with Gasteiger partial charge >= 0.3 is 6.18 Å². The normalized spacial score (nSPS) is 16.1. The number of alkyl halides is 3. The number of pyridine rings is 2. The van der Waals surface area contributed by atoms with Gasteiger partial charge in [-0.1, -0.05) is 12.5 Å². The molecule has 2 aromatic heterocycles. The molecule has 2 N–H and O–H groups in total. The Bertz CT molecular complexity index is 827. The van der Waals surface area contributed by atoms with E-state index in [2.05, 4.69) is 10.3 Å². The van der Waals surface area contributed by atoms with Gasteiger partial charge in [0.05, 0.1) is 5.56 Å². The number of hydrogen-bond donors (Lipinski definition) is 2. The van der Waals surface area contributed by atoms with E-state index in [1.165, 1.54) is 0 Å². The van der Waals surface area contributed by atoms with E-state index in [0.29, 0.717) is 12.3 Å². The maximum absolute atomic E-state index is 12.8. The van der Waals surface area contributed by atoms with E-state index in [1.807, 2.05) is 17.1 Å². The van der Waals surface area contributed by atoms with Gasteiger partial charge in [0.25, 0.3) is 11.5 Å². The molecular formula is C17H16F3N3O2. The minimum absolute atomic E-state index is 0.221. The summed E-state index contributed by atoms with van der Waals surface area (Å²) in [5, 5.41) is 2.59. The Morgan fingerprint density at radius 3 is 2.64 bits per heavy atom. The zero-order valence-electron chi connectivity index (χ0n) is 13.2. The summed E-state index contributed by atoms with van der Waals surface area (Å²) >= 11 is 0. The number of aromatic nitrogens is 2. The highest BCUT2D eigenvalue weighted by atomic mass is 19.4. The van der Waals surface area contributed by atoms with Crippen molar-refractivity contribution in [3.63, 3.8) is 0 Å². The van der Waals surface area contributed by atoms with Crippen LogP contribution in [0.15, 0.2) is 41.5 Å². The van der Waals surface area contributed by atoms with Crippen molar-refractivity contribution >= 4 is 5.91 Å². The molecule has 2 heterocycles. The Labute approximate surface area is 141 Å². The number of carbonyl (C=O) groups excluding carboxylic acids is 1. The van der Waals surface area contributed by atoms with E-state index in [4.69, 9.17) is 0 Å². The summed E-state index contributed by atoms with van der Waals surface area (Å²) in [6.07, 6.45) is 0.209. The third-order valence-corrected chi connectivity index (χ3v) is 4.58. The molecule has 8 heteroatoms. The van der Waals surface area contributed by atoms with Crippen LogP contribution in [-0.4, -0.2) is 22.4 Å². The lowest BCUT2D eigenvalue weighted by molar-refractivity contribution is -0.137. The van der Waals surface area contributed by atoms with Crippen LogP contribution in [0.3, 0.4) is 0 Å². The molecule has 1 saturated carbocycles. The Morgan fingerprint density at radius 1 is 1.32 bits per heavy atom. The molecule has 1 aliphatic rings. The summed E-state index contributed by atoms with van der Waals surface area (Å²) in [5.41, 5.74) is -1.97. The van der Waals surface area contributed by atoms with E-state index in [9.17, 15) is 22.8 Å². The summed E-state index contributed by atoms with van der Waals surface area (Å²) < 4.78 is 38.3. The second-order valence-corrected chi connectivity index (χ2v) is 6.16. The van der Waals surface area contributed by atoms with Crippen LogP contribution < -0.4 is 10.9 Å². The SMILES string of the molecule is O=C(NCC1(c2ccccn2)CCC1)c1cc(C(F)(F)F)c[nH]c1=O. The molecule has 5 nitrogen and oxygen atoms in total. The zero-order chi connectivity index (χ0) is 18.1. The van der Waals surface area contributed by atoms with Gasteiger partial charge in [0, 0.05) is 30.0 Å². The van der Waals surface area contributed by atoms with Gasteiger partial charge in [-0.15, -0.1) is 0 Å². The van der Waals surface area contributed by atoms with Gasteiger partial charge in [0.1, 0.15) is 5.56 Å². The van der Waals surface area contributed by atoms with Crippen LogP contribution in [0.1, 0.15) is 40.9 Å². The highest BCUT2D eigenvalue weighted by Gasteiger charge is 2.40. The first-order valence-corrected chi connectivity index (χ1v) is 7.81. The number of hydrogen-bond acceptors (Lipinski definition) is 3. The molecule has 1 amide bonds. The second kappa shape index (κ2) is 6.34. The standard InChI is InChI=1S/C17H16F3N3O2/c18-17(19,20)11-8-12(14(24)22-9-11)15(25)23-10-16(5-3-6-16)13-4-1-2-7-21-13/h1-2,4,7-9H,3,5-6,10H2,(H,22,24)(H,23,25). The molecule has 0 aliphatic heterocycles. The number of halogens is 3. The Kier molecular flexibility index (Phi) is 4.36. The van der Waals surface area contributed by atoms with Crippen LogP contribution in [0, 0.1) is 0 Å². The van der Waals surface area contributed by atoms with Crippen molar-refractivity contribution in [1.29, 1.82) is 0 Å². The first-order valence-electron chi connectivity index (χ1n) is 7.81. The van der Waals surface area contributed by atoms with Crippen molar-refractivity contribution in [2.24, 2.45) is 0 Å². The number of carbonyl (C=O) groups is 1. The second-order valence-electron chi connectivity index (χ2n) is 6.16. The fourth-order valence-electron chi connectivity index (χ4n) is 2.96. The smallest absolute Gasteiger partial charge is 0.351 e. The van der Waals surface area contributed by atoms with Crippen molar-refractivity contribution in [1.82, 2.24) is 15.3 Å². The molecular weight excluding hydrogens is 335 g/mol. The number of aromatic amines is 1. The van der Waals surface area contributed by atoms with E-state index in [1.54, 1.807) is 12.3 Å². The Morgan fingerprint density at radius 2 is 2.08 bits per heavy atom. The van der Waals surface area contributed by atoms with Crippen molar-refractivity contribution < 1.29 is 18.0 Å². The zero-order valence-corrected chi connectivity index (χ0v) is 13.2. The van der Waals surface area contributed by atoms with Crippen LogP contribution in [0.5, 0.6) is 0 Å². The van der Waals surface area contributed by atoms with E-state index in [-0.39, 0.29) is 12.0 Å². The first kappa shape index (κ1) is 17.2. The molecule has 0 radical (unpaired) electrons. The minimum Gasteiger partial charge on any atom is -0.351 e. The lowest BCUT2D eigenvalue weighted by Gasteiger charge is -2.41. The fourth-order valence-corrected chi connectivity index (χ4v) is 2.96. The van der Waals surface area contributed by atoms with Gasteiger partial charge < -0.3 is 10.3 Å². The van der Waals surface area contributed by atoms with Crippen molar-refractivity contribution in [2.75, 3.05) is 6.54 Å².